The molecule has 0 amide bonds. The highest BCUT2D eigenvalue weighted by atomic mass is 32.2. The lowest BCUT2D eigenvalue weighted by molar-refractivity contribution is 1.29. The first-order valence-electron chi connectivity index (χ1n) is 6.19. The molecule has 98 valence electrons. The molecule has 0 heterocycles. The average molecular weight is 270 g/mol. The Morgan fingerprint density at radius 3 is 2.53 bits per heavy atom. The Bertz CT molecular complexity index is 605. The molecular formula is C16H18N2S. The van der Waals surface area contributed by atoms with Crippen molar-refractivity contribution in [3.05, 3.63) is 64.7 Å². The molecule has 2 aromatic carbocycles. The van der Waals surface area contributed by atoms with Gasteiger partial charge in [0, 0.05) is 16.2 Å². The highest BCUT2D eigenvalue weighted by Gasteiger charge is 2.06. The smallest absolute Gasteiger partial charge is 0.123 e. The van der Waals surface area contributed by atoms with E-state index in [1.165, 1.54) is 11.1 Å². The van der Waals surface area contributed by atoms with Crippen molar-refractivity contribution in [2.24, 2.45) is 5.73 Å². The van der Waals surface area contributed by atoms with Gasteiger partial charge in [0.15, 0.2) is 0 Å². The van der Waals surface area contributed by atoms with Crippen LogP contribution in [0, 0.1) is 19.3 Å². The zero-order chi connectivity index (χ0) is 13.8. The van der Waals surface area contributed by atoms with Gasteiger partial charge < -0.3 is 5.73 Å². The van der Waals surface area contributed by atoms with Gasteiger partial charge in [-0.1, -0.05) is 41.5 Å². The number of amidine groups is 1. The number of aryl methyl sites for hydroxylation is 2. The summed E-state index contributed by atoms with van der Waals surface area (Å²) in [6.07, 6.45) is 0. The van der Waals surface area contributed by atoms with Crippen molar-refractivity contribution in [1.82, 2.24) is 0 Å². The van der Waals surface area contributed by atoms with Crippen molar-refractivity contribution in [3.8, 4) is 0 Å². The SMILES string of the molecule is Cc1cccc(CSc2ccc(C)cc2C(=N)N)c1. The fourth-order valence-corrected chi connectivity index (χ4v) is 2.93. The van der Waals surface area contributed by atoms with E-state index in [1.807, 2.05) is 19.1 Å². The summed E-state index contributed by atoms with van der Waals surface area (Å²) in [5, 5.41) is 7.65. The predicted molar refractivity (Wildman–Crippen MR) is 82.9 cm³/mol. The van der Waals surface area contributed by atoms with E-state index in [1.54, 1.807) is 11.8 Å². The van der Waals surface area contributed by atoms with Crippen molar-refractivity contribution in [2.45, 2.75) is 24.5 Å². The maximum atomic E-state index is 7.65. The number of hydrogen-bond acceptors (Lipinski definition) is 2. The summed E-state index contributed by atoms with van der Waals surface area (Å²) >= 11 is 1.73. The second kappa shape index (κ2) is 5.93. The predicted octanol–water partition coefficient (Wildman–Crippen LogP) is 3.88. The van der Waals surface area contributed by atoms with Gasteiger partial charge in [-0.15, -0.1) is 11.8 Å². The zero-order valence-electron chi connectivity index (χ0n) is 11.2. The van der Waals surface area contributed by atoms with E-state index >= 15 is 0 Å². The molecule has 0 atom stereocenters. The topological polar surface area (TPSA) is 49.9 Å². The molecule has 0 unspecified atom stereocenters. The van der Waals surface area contributed by atoms with Gasteiger partial charge >= 0.3 is 0 Å². The van der Waals surface area contributed by atoms with E-state index in [4.69, 9.17) is 11.1 Å². The second-order valence-electron chi connectivity index (χ2n) is 4.69. The second-order valence-corrected chi connectivity index (χ2v) is 5.71. The molecule has 2 nitrogen and oxygen atoms in total. The van der Waals surface area contributed by atoms with Gasteiger partial charge in [0.2, 0.25) is 0 Å². The Kier molecular flexibility index (Phi) is 4.27. The maximum Gasteiger partial charge on any atom is 0.123 e. The van der Waals surface area contributed by atoms with Crippen LogP contribution >= 0.6 is 11.8 Å². The van der Waals surface area contributed by atoms with Crippen LogP contribution in [0.2, 0.25) is 0 Å². The van der Waals surface area contributed by atoms with Crippen LogP contribution in [0.4, 0.5) is 0 Å². The van der Waals surface area contributed by atoms with E-state index < -0.39 is 0 Å². The quantitative estimate of drug-likeness (QED) is 0.503. The van der Waals surface area contributed by atoms with E-state index in [0.29, 0.717) is 0 Å². The monoisotopic (exact) mass is 270 g/mol. The van der Waals surface area contributed by atoms with Gasteiger partial charge in [-0.05, 0) is 31.5 Å². The number of nitrogens with one attached hydrogen (secondary N) is 1. The Labute approximate surface area is 118 Å². The maximum absolute atomic E-state index is 7.65. The molecule has 2 aromatic rings. The number of nitrogen functional groups attached to an aromatic ring is 1. The van der Waals surface area contributed by atoms with Gasteiger partial charge in [0.25, 0.3) is 0 Å². The summed E-state index contributed by atoms with van der Waals surface area (Å²) in [7, 11) is 0. The van der Waals surface area contributed by atoms with Crippen molar-refractivity contribution in [1.29, 1.82) is 5.41 Å². The van der Waals surface area contributed by atoms with E-state index in [9.17, 15) is 0 Å². The molecule has 0 bridgehead atoms. The summed E-state index contributed by atoms with van der Waals surface area (Å²) < 4.78 is 0. The first-order chi connectivity index (χ1) is 9.06. The summed E-state index contributed by atoms with van der Waals surface area (Å²) in [5.74, 6) is 1.03. The Morgan fingerprint density at radius 2 is 1.84 bits per heavy atom. The zero-order valence-corrected chi connectivity index (χ0v) is 12.1. The molecule has 0 aromatic heterocycles. The summed E-state index contributed by atoms with van der Waals surface area (Å²) in [6, 6.07) is 14.6. The number of nitrogens with two attached hydrogens (primary N) is 1. The molecule has 0 saturated heterocycles. The molecule has 3 N–H and O–H groups in total. The van der Waals surface area contributed by atoms with E-state index in [-0.39, 0.29) is 5.84 Å². The van der Waals surface area contributed by atoms with Crippen molar-refractivity contribution in [3.63, 3.8) is 0 Å². The summed E-state index contributed by atoms with van der Waals surface area (Å²) in [5.41, 5.74) is 10.2. The van der Waals surface area contributed by atoms with Crippen LogP contribution in [0.5, 0.6) is 0 Å². The summed E-state index contributed by atoms with van der Waals surface area (Å²) in [4.78, 5) is 1.07. The number of benzene rings is 2. The number of hydrogen-bond donors (Lipinski definition) is 2. The highest BCUT2D eigenvalue weighted by molar-refractivity contribution is 7.98. The fraction of sp³-hybridized carbons (Fsp3) is 0.188. The lowest BCUT2D eigenvalue weighted by Gasteiger charge is -2.09. The van der Waals surface area contributed by atoms with Crippen molar-refractivity contribution < 1.29 is 0 Å². The van der Waals surface area contributed by atoms with Gasteiger partial charge in [-0.25, -0.2) is 0 Å². The van der Waals surface area contributed by atoms with Crippen molar-refractivity contribution in [2.75, 3.05) is 0 Å². The number of thioether (sulfide) groups is 1. The Hall–Kier alpha value is -1.74. The van der Waals surface area contributed by atoms with E-state index in [2.05, 4.69) is 37.3 Å². The largest absolute Gasteiger partial charge is 0.384 e. The molecular weight excluding hydrogens is 252 g/mol. The third-order valence-corrected chi connectivity index (χ3v) is 4.05. The Balaban J connectivity index is 2.17. The van der Waals surface area contributed by atoms with Crippen LogP contribution in [0.1, 0.15) is 22.3 Å². The van der Waals surface area contributed by atoms with Crippen LogP contribution in [-0.4, -0.2) is 5.84 Å². The van der Waals surface area contributed by atoms with Gasteiger partial charge in [-0.3, -0.25) is 5.41 Å². The normalized spacial score (nSPS) is 10.4. The van der Waals surface area contributed by atoms with E-state index in [0.717, 1.165) is 21.8 Å². The molecule has 0 fully saturated rings. The van der Waals surface area contributed by atoms with Crippen LogP contribution in [0.25, 0.3) is 0 Å². The van der Waals surface area contributed by atoms with Crippen molar-refractivity contribution >= 4 is 17.6 Å². The molecule has 3 heteroatoms. The third kappa shape index (κ3) is 3.61. The molecule has 0 aliphatic carbocycles. The minimum absolute atomic E-state index is 0.135. The van der Waals surface area contributed by atoms with Crippen LogP contribution < -0.4 is 5.73 Å². The summed E-state index contributed by atoms with van der Waals surface area (Å²) in [6.45, 7) is 4.11. The van der Waals surface area contributed by atoms with Crippen LogP contribution in [0.15, 0.2) is 47.4 Å². The molecule has 2 rings (SSSR count). The molecule has 0 saturated carbocycles. The Morgan fingerprint density at radius 1 is 1.11 bits per heavy atom. The molecule has 19 heavy (non-hydrogen) atoms. The lowest BCUT2D eigenvalue weighted by atomic mass is 10.1. The molecule has 0 radical (unpaired) electrons. The lowest BCUT2D eigenvalue weighted by Crippen LogP contribution is -2.12. The minimum Gasteiger partial charge on any atom is -0.384 e. The van der Waals surface area contributed by atoms with Crippen LogP contribution in [0.3, 0.4) is 0 Å². The van der Waals surface area contributed by atoms with Gasteiger partial charge in [-0.2, -0.15) is 0 Å². The first-order valence-corrected chi connectivity index (χ1v) is 7.18. The van der Waals surface area contributed by atoms with Crippen LogP contribution in [-0.2, 0) is 5.75 Å². The standard InChI is InChI=1S/C16H18N2S/c1-11-4-3-5-13(8-11)10-19-15-7-6-12(2)9-14(15)16(17)18/h3-9H,10H2,1-2H3,(H3,17,18). The third-order valence-electron chi connectivity index (χ3n) is 2.90. The average Bonchev–Trinajstić information content (AvgIpc) is 2.37. The minimum atomic E-state index is 0.135. The van der Waals surface area contributed by atoms with Gasteiger partial charge in [0.05, 0.1) is 0 Å². The fourth-order valence-electron chi connectivity index (χ4n) is 1.94. The molecule has 0 spiro atoms. The first kappa shape index (κ1) is 13.7. The molecule has 0 aliphatic rings. The molecule has 0 aliphatic heterocycles. The number of rotatable bonds is 4. The van der Waals surface area contributed by atoms with Gasteiger partial charge in [0.1, 0.15) is 5.84 Å². The highest BCUT2D eigenvalue weighted by Crippen LogP contribution is 2.27.